The molecule has 4 rings (SSSR count). The monoisotopic (exact) mass is 364 g/mol. The standard InChI is InChI=1S/C20H28N2O2.ClH/c1-24-20(16-9-7-15(8-10-16)19(21)23)17-3-2-4-18(20)13-22(12-17)11-14-5-6-14;/h7-10,14,17-18H,2-6,11-13H2,1H3,(H2,21,23);1H/t17-,18+,20+;. The highest BCUT2D eigenvalue weighted by Gasteiger charge is 2.53. The zero-order valence-corrected chi connectivity index (χ0v) is 15.8. The van der Waals surface area contributed by atoms with Gasteiger partial charge in [0.25, 0.3) is 0 Å². The van der Waals surface area contributed by atoms with E-state index in [2.05, 4.69) is 17.0 Å². The highest BCUT2D eigenvalue weighted by atomic mass is 35.5. The molecule has 0 aromatic heterocycles. The molecular weight excluding hydrogens is 336 g/mol. The molecule has 1 amide bonds. The Labute approximate surface area is 156 Å². The third-order valence-corrected chi connectivity index (χ3v) is 6.45. The molecule has 3 fully saturated rings. The number of hydrogen-bond donors (Lipinski definition) is 1. The van der Waals surface area contributed by atoms with Gasteiger partial charge in [-0.1, -0.05) is 18.6 Å². The van der Waals surface area contributed by atoms with Gasteiger partial charge < -0.3 is 15.4 Å². The number of benzene rings is 1. The van der Waals surface area contributed by atoms with Gasteiger partial charge in [-0.2, -0.15) is 0 Å². The van der Waals surface area contributed by atoms with Crippen LogP contribution < -0.4 is 5.73 Å². The first-order valence-corrected chi connectivity index (χ1v) is 9.31. The molecule has 1 aromatic carbocycles. The summed E-state index contributed by atoms with van der Waals surface area (Å²) in [6.45, 7) is 3.55. The van der Waals surface area contributed by atoms with Crippen molar-refractivity contribution in [2.24, 2.45) is 23.5 Å². The number of carbonyl (C=O) groups is 1. The van der Waals surface area contributed by atoms with E-state index >= 15 is 0 Å². The van der Waals surface area contributed by atoms with Crippen molar-refractivity contribution in [1.29, 1.82) is 0 Å². The normalized spacial score (nSPS) is 32.0. The Bertz CT molecular complexity index is 601. The minimum atomic E-state index is -0.368. The fourth-order valence-electron chi connectivity index (χ4n) is 5.16. The summed E-state index contributed by atoms with van der Waals surface area (Å²) >= 11 is 0. The van der Waals surface area contributed by atoms with Gasteiger partial charge >= 0.3 is 0 Å². The van der Waals surface area contributed by atoms with Gasteiger partial charge in [-0.3, -0.25) is 4.79 Å². The van der Waals surface area contributed by atoms with Crippen LogP contribution in [0.25, 0.3) is 0 Å². The van der Waals surface area contributed by atoms with Crippen LogP contribution in [0.2, 0.25) is 0 Å². The van der Waals surface area contributed by atoms with Crippen molar-refractivity contribution < 1.29 is 9.53 Å². The number of likely N-dealkylation sites (tertiary alicyclic amines) is 1. The number of ether oxygens (including phenoxy) is 1. The number of piperidine rings is 1. The lowest BCUT2D eigenvalue weighted by Gasteiger charge is -2.55. The predicted octanol–water partition coefficient (Wildman–Crippen LogP) is 3.19. The van der Waals surface area contributed by atoms with Crippen LogP contribution >= 0.6 is 12.4 Å². The van der Waals surface area contributed by atoms with E-state index in [1.807, 2.05) is 19.2 Å². The topological polar surface area (TPSA) is 55.6 Å². The molecule has 1 aliphatic heterocycles. The molecule has 1 heterocycles. The van der Waals surface area contributed by atoms with Crippen LogP contribution in [0.5, 0.6) is 0 Å². The van der Waals surface area contributed by atoms with E-state index in [9.17, 15) is 4.79 Å². The average molecular weight is 365 g/mol. The van der Waals surface area contributed by atoms with Crippen LogP contribution in [0.4, 0.5) is 0 Å². The Kier molecular flexibility index (Phi) is 5.42. The van der Waals surface area contributed by atoms with Gasteiger partial charge in [-0.15, -0.1) is 12.4 Å². The zero-order valence-electron chi connectivity index (χ0n) is 14.9. The van der Waals surface area contributed by atoms with Crippen molar-refractivity contribution >= 4 is 18.3 Å². The molecule has 0 spiro atoms. The molecule has 3 atom stereocenters. The van der Waals surface area contributed by atoms with Crippen LogP contribution in [-0.4, -0.2) is 37.6 Å². The molecular formula is C20H29ClN2O2. The summed E-state index contributed by atoms with van der Waals surface area (Å²) in [6.07, 6.45) is 6.58. The predicted molar refractivity (Wildman–Crippen MR) is 101 cm³/mol. The van der Waals surface area contributed by atoms with Gasteiger partial charge in [0.05, 0.1) is 0 Å². The number of methoxy groups -OCH3 is 1. The number of nitrogens with two attached hydrogens (primary N) is 1. The largest absolute Gasteiger partial charge is 0.373 e. The minimum absolute atomic E-state index is 0. The maximum Gasteiger partial charge on any atom is 0.248 e. The Morgan fingerprint density at radius 2 is 1.76 bits per heavy atom. The molecule has 2 bridgehead atoms. The maximum atomic E-state index is 11.4. The highest BCUT2D eigenvalue weighted by molar-refractivity contribution is 5.92. The van der Waals surface area contributed by atoms with Gasteiger partial charge in [0, 0.05) is 44.1 Å². The number of carbonyl (C=O) groups excluding carboxylic acids is 1. The van der Waals surface area contributed by atoms with Crippen LogP contribution in [0.1, 0.15) is 48.0 Å². The minimum Gasteiger partial charge on any atom is -0.373 e. The summed E-state index contributed by atoms with van der Waals surface area (Å²) in [6, 6.07) is 7.83. The van der Waals surface area contributed by atoms with Gasteiger partial charge in [-0.05, 0) is 49.3 Å². The molecule has 5 heteroatoms. The Balaban J connectivity index is 0.00000182. The molecule has 0 unspecified atom stereocenters. The van der Waals surface area contributed by atoms with E-state index in [1.165, 1.54) is 44.2 Å². The molecule has 4 nitrogen and oxygen atoms in total. The number of primary amides is 1. The summed E-state index contributed by atoms with van der Waals surface area (Å²) in [5.74, 6) is 1.64. The van der Waals surface area contributed by atoms with E-state index < -0.39 is 0 Å². The summed E-state index contributed by atoms with van der Waals surface area (Å²) in [7, 11) is 1.86. The summed E-state index contributed by atoms with van der Waals surface area (Å²) < 4.78 is 6.26. The van der Waals surface area contributed by atoms with Gasteiger partial charge in [0.1, 0.15) is 5.60 Å². The fourth-order valence-corrected chi connectivity index (χ4v) is 5.16. The van der Waals surface area contributed by atoms with Crippen molar-refractivity contribution in [3.63, 3.8) is 0 Å². The fraction of sp³-hybridized carbons (Fsp3) is 0.650. The Hall–Kier alpha value is -1.10. The van der Waals surface area contributed by atoms with E-state index in [-0.39, 0.29) is 23.9 Å². The smallest absolute Gasteiger partial charge is 0.248 e. The van der Waals surface area contributed by atoms with E-state index in [1.54, 1.807) is 0 Å². The first-order chi connectivity index (χ1) is 11.6. The van der Waals surface area contributed by atoms with Crippen LogP contribution in [0.3, 0.4) is 0 Å². The molecule has 25 heavy (non-hydrogen) atoms. The average Bonchev–Trinajstić information content (AvgIpc) is 3.38. The SMILES string of the molecule is CO[C@@]1(c2ccc(C(N)=O)cc2)[C@@H]2CCC[C@H]1CN(CC1CC1)C2.Cl. The van der Waals surface area contributed by atoms with Crippen LogP contribution in [0.15, 0.2) is 24.3 Å². The first kappa shape index (κ1) is 18.7. The number of nitrogens with zero attached hydrogens (tertiary/aromatic N) is 1. The third kappa shape index (κ3) is 3.32. The quantitative estimate of drug-likeness (QED) is 0.872. The second kappa shape index (κ2) is 7.26. The van der Waals surface area contributed by atoms with Crippen molar-refractivity contribution in [3.8, 4) is 0 Å². The van der Waals surface area contributed by atoms with Gasteiger partial charge in [0.2, 0.25) is 5.91 Å². The molecule has 3 aliphatic rings. The van der Waals surface area contributed by atoms with Gasteiger partial charge in [0.15, 0.2) is 0 Å². The highest BCUT2D eigenvalue weighted by Crippen LogP contribution is 2.51. The summed E-state index contributed by atoms with van der Waals surface area (Å²) in [4.78, 5) is 14.1. The number of hydrogen-bond acceptors (Lipinski definition) is 3. The van der Waals surface area contributed by atoms with Gasteiger partial charge in [-0.25, -0.2) is 0 Å². The molecule has 1 saturated heterocycles. The lowest BCUT2D eigenvalue weighted by atomic mass is 9.62. The number of halogens is 1. The van der Waals surface area contributed by atoms with Crippen molar-refractivity contribution in [1.82, 2.24) is 4.90 Å². The second-order valence-electron chi connectivity index (χ2n) is 7.93. The lowest BCUT2D eigenvalue weighted by Crippen LogP contribution is -2.59. The molecule has 2 aliphatic carbocycles. The molecule has 138 valence electrons. The lowest BCUT2D eigenvalue weighted by molar-refractivity contribution is -0.169. The third-order valence-electron chi connectivity index (χ3n) is 6.45. The van der Waals surface area contributed by atoms with Crippen LogP contribution in [0, 0.1) is 17.8 Å². The molecule has 2 N–H and O–H groups in total. The summed E-state index contributed by atoms with van der Waals surface area (Å²) in [5, 5.41) is 0. The Morgan fingerprint density at radius 1 is 1.16 bits per heavy atom. The molecule has 2 saturated carbocycles. The number of fused-ring (bicyclic) bond motifs is 2. The van der Waals surface area contributed by atoms with Crippen molar-refractivity contribution in [2.75, 3.05) is 26.7 Å². The molecule has 0 radical (unpaired) electrons. The van der Waals surface area contributed by atoms with Crippen molar-refractivity contribution in [3.05, 3.63) is 35.4 Å². The molecule has 1 aromatic rings. The summed E-state index contributed by atoms with van der Waals surface area (Å²) in [5.41, 5.74) is 6.98. The number of amides is 1. The van der Waals surface area contributed by atoms with E-state index in [4.69, 9.17) is 10.5 Å². The maximum absolute atomic E-state index is 11.4. The van der Waals surface area contributed by atoms with E-state index in [0.717, 1.165) is 19.0 Å². The Morgan fingerprint density at radius 3 is 2.24 bits per heavy atom. The van der Waals surface area contributed by atoms with E-state index in [0.29, 0.717) is 17.4 Å². The second-order valence-corrected chi connectivity index (χ2v) is 7.93. The number of rotatable bonds is 5. The van der Waals surface area contributed by atoms with Crippen molar-refractivity contribution in [2.45, 2.75) is 37.7 Å². The first-order valence-electron chi connectivity index (χ1n) is 9.31. The van der Waals surface area contributed by atoms with Crippen LogP contribution in [-0.2, 0) is 10.3 Å². The zero-order chi connectivity index (χ0) is 16.7.